The minimum absolute atomic E-state index is 0.128. The van der Waals surface area contributed by atoms with Gasteiger partial charge in [-0.2, -0.15) is 0 Å². The molecule has 7 nitrogen and oxygen atoms in total. The average molecular weight is 378 g/mol. The van der Waals surface area contributed by atoms with Crippen LogP contribution in [-0.2, 0) is 19.1 Å². The number of ether oxygens (including phenoxy) is 2. The Morgan fingerprint density at radius 1 is 1.26 bits per heavy atom. The molecule has 0 spiro atoms. The number of rotatable bonds is 6. The molecular weight excluding hydrogens is 352 g/mol. The summed E-state index contributed by atoms with van der Waals surface area (Å²) in [5.41, 5.74) is -2.33. The molecule has 3 N–H and O–H groups in total. The summed E-state index contributed by atoms with van der Waals surface area (Å²) in [5.74, 6) is -6.10. The van der Waals surface area contributed by atoms with Crippen molar-refractivity contribution in [2.45, 2.75) is 63.4 Å². The van der Waals surface area contributed by atoms with Crippen LogP contribution in [0.25, 0.3) is 0 Å². The smallest absolute Gasteiger partial charge is 0.377 e. The fraction of sp³-hybridized carbons (Fsp3) is 0.500. The lowest BCUT2D eigenvalue weighted by Crippen LogP contribution is -2.52. The largest absolute Gasteiger partial charge is 0.504 e. The number of fused-ring (bicyclic) bond motifs is 1. The average Bonchev–Trinajstić information content (AvgIpc) is 2.65. The maximum absolute atomic E-state index is 12.5. The first-order chi connectivity index (χ1) is 12.6. The van der Waals surface area contributed by atoms with Gasteiger partial charge in [-0.3, -0.25) is 4.79 Å². The van der Waals surface area contributed by atoms with Gasteiger partial charge in [-0.1, -0.05) is 50.6 Å². The molecule has 7 heteroatoms. The third-order valence-corrected chi connectivity index (χ3v) is 4.59. The van der Waals surface area contributed by atoms with Gasteiger partial charge < -0.3 is 24.8 Å². The van der Waals surface area contributed by atoms with Gasteiger partial charge in [-0.15, -0.1) is 0 Å². The van der Waals surface area contributed by atoms with Crippen molar-refractivity contribution in [3.63, 3.8) is 0 Å². The number of carbonyl (C=O) groups excluding carboxylic acids is 2. The highest BCUT2D eigenvalue weighted by atomic mass is 16.7. The number of aliphatic hydroxyl groups excluding tert-OH is 1. The van der Waals surface area contributed by atoms with Gasteiger partial charge >= 0.3 is 11.8 Å². The number of hydrogen-bond donors (Lipinski definition) is 3. The van der Waals surface area contributed by atoms with Crippen molar-refractivity contribution in [1.29, 1.82) is 0 Å². The molecule has 3 unspecified atom stereocenters. The molecule has 1 fully saturated rings. The molecular formula is C20H26O7. The van der Waals surface area contributed by atoms with Crippen molar-refractivity contribution in [3.8, 4) is 0 Å². The molecule has 0 bridgehead atoms. The van der Waals surface area contributed by atoms with Crippen molar-refractivity contribution >= 4 is 11.8 Å². The SMILES string of the molecule is C=C1OC(=O)C2(O)OC(C/C=C/C=C/CCCC)C(C)(O)CC(=O)C2=C1O. The van der Waals surface area contributed by atoms with Gasteiger partial charge in [0.1, 0.15) is 5.57 Å². The lowest BCUT2D eigenvalue weighted by molar-refractivity contribution is -0.244. The van der Waals surface area contributed by atoms with Crippen LogP contribution < -0.4 is 0 Å². The Morgan fingerprint density at radius 3 is 2.59 bits per heavy atom. The Hall–Kier alpha value is -2.22. The van der Waals surface area contributed by atoms with Gasteiger partial charge in [0.15, 0.2) is 17.3 Å². The zero-order valence-electron chi connectivity index (χ0n) is 15.6. The summed E-state index contributed by atoms with van der Waals surface area (Å²) < 4.78 is 10.1. The molecule has 2 heterocycles. The lowest BCUT2D eigenvalue weighted by atomic mass is 9.88. The summed E-state index contributed by atoms with van der Waals surface area (Å²) >= 11 is 0. The highest BCUT2D eigenvalue weighted by Gasteiger charge is 2.58. The fourth-order valence-electron chi connectivity index (χ4n) is 3.00. The van der Waals surface area contributed by atoms with Gasteiger partial charge in [0.05, 0.1) is 11.7 Å². The summed E-state index contributed by atoms with van der Waals surface area (Å²) in [6, 6.07) is 0. The number of esters is 1. The molecule has 0 aromatic heterocycles. The Morgan fingerprint density at radius 2 is 1.93 bits per heavy atom. The number of cyclic esters (lactones) is 1. The minimum atomic E-state index is -2.79. The third-order valence-electron chi connectivity index (χ3n) is 4.59. The Kier molecular flexibility index (Phi) is 6.41. The van der Waals surface area contributed by atoms with E-state index in [9.17, 15) is 24.9 Å². The van der Waals surface area contributed by atoms with E-state index in [1.165, 1.54) is 6.92 Å². The van der Waals surface area contributed by atoms with Crippen LogP contribution in [0.3, 0.4) is 0 Å². The maximum atomic E-state index is 12.5. The summed E-state index contributed by atoms with van der Waals surface area (Å²) in [6.45, 7) is 6.81. The zero-order valence-corrected chi connectivity index (χ0v) is 15.6. The molecule has 0 amide bonds. The molecule has 27 heavy (non-hydrogen) atoms. The van der Waals surface area contributed by atoms with E-state index in [4.69, 9.17) is 9.47 Å². The minimum Gasteiger partial charge on any atom is -0.504 e. The topological polar surface area (TPSA) is 113 Å². The van der Waals surface area contributed by atoms with E-state index in [0.29, 0.717) is 0 Å². The van der Waals surface area contributed by atoms with Crippen LogP contribution in [0.2, 0.25) is 0 Å². The summed E-state index contributed by atoms with van der Waals surface area (Å²) in [7, 11) is 0. The van der Waals surface area contributed by atoms with Gasteiger partial charge in [0.2, 0.25) is 0 Å². The van der Waals surface area contributed by atoms with E-state index in [-0.39, 0.29) is 6.42 Å². The summed E-state index contributed by atoms with van der Waals surface area (Å²) in [5, 5.41) is 31.4. The quantitative estimate of drug-likeness (QED) is 0.369. The van der Waals surface area contributed by atoms with Crippen LogP contribution in [-0.4, -0.2) is 44.6 Å². The van der Waals surface area contributed by atoms with Gasteiger partial charge in [-0.25, -0.2) is 4.79 Å². The Labute approximate surface area is 158 Å². The molecule has 0 radical (unpaired) electrons. The van der Waals surface area contributed by atoms with E-state index in [1.807, 2.05) is 12.2 Å². The zero-order chi connectivity index (χ0) is 20.2. The molecule has 2 aliphatic heterocycles. The monoisotopic (exact) mass is 378 g/mol. The number of allylic oxidation sites excluding steroid dienone is 3. The molecule has 148 valence electrons. The highest BCUT2D eigenvalue weighted by molar-refractivity contribution is 6.06. The van der Waals surface area contributed by atoms with Crippen molar-refractivity contribution < 1.29 is 34.4 Å². The van der Waals surface area contributed by atoms with Crippen molar-refractivity contribution in [2.75, 3.05) is 0 Å². The van der Waals surface area contributed by atoms with Crippen molar-refractivity contribution in [1.82, 2.24) is 0 Å². The molecule has 2 rings (SSSR count). The predicted molar refractivity (Wildman–Crippen MR) is 97.4 cm³/mol. The lowest BCUT2D eigenvalue weighted by Gasteiger charge is -2.35. The number of aliphatic hydroxyl groups is 3. The van der Waals surface area contributed by atoms with Crippen LogP contribution in [0.1, 0.15) is 46.0 Å². The summed E-state index contributed by atoms with van der Waals surface area (Å²) in [6.07, 6.45) is 9.08. The van der Waals surface area contributed by atoms with Crippen molar-refractivity contribution in [3.05, 3.63) is 48.0 Å². The van der Waals surface area contributed by atoms with Gasteiger partial charge in [-0.05, 0) is 19.8 Å². The fourth-order valence-corrected chi connectivity index (χ4v) is 3.00. The van der Waals surface area contributed by atoms with Gasteiger partial charge in [0, 0.05) is 6.42 Å². The number of carbonyl (C=O) groups is 2. The van der Waals surface area contributed by atoms with E-state index < -0.39 is 52.8 Å². The Bertz CT molecular complexity index is 714. The molecule has 0 aromatic rings. The second kappa shape index (κ2) is 8.21. The van der Waals surface area contributed by atoms with E-state index >= 15 is 0 Å². The predicted octanol–water partition coefficient (Wildman–Crippen LogP) is 2.36. The van der Waals surface area contributed by atoms with Gasteiger partial charge in [0.25, 0.3) is 0 Å². The van der Waals surface area contributed by atoms with Crippen LogP contribution in [0.4, 0.5) is 0 Å². The van der Waals surface area contributed by atoms with Crippen molar-refractivity contribution in [2.24, 2.45) is 0 Å². The first-order valence-electron chi connectivity index (χ1n) is 8.96. The Balaban J connectivity index is 2.26. The molecule has 0 aromatic carbocycles. The van der Waals surface area contributed by atoms with E-state index in [0.717, 1.165) is 19.3 Å². The molecule has 1 saturated heterocycles. The van der Waals surface area contributed by atoms with Crippen LogP contribution in [0, 0.1) is 0 Å². The maximum Gasteiger partial charge on any atom is 0.377 e. The second-order valence-corrected chi connectivity index (χ2v) is 6.98. The number of Topliss-reactive ketones (excluding diaryl/α,β-unsaturated/α-hetero) is 1. The van der Waals surface area contributed by atoms with Crippen LogP contribution >= 0.6 is 0 Å². The normalized spacial score (nSPS) is 32.1. The summed E-state index contributed by atoms with van der Waals surface area (Å²) in [4.78, 5) is 24.7. The number of unbranched alkanes of at least 4 members (excludes halogenated alkanes) is 2. The van der Waals surface area contributed by atoms with Crippen LogP contribution in [0.15, 0.2) is 48.0 Å². The first kappa shape index (κ1) is 21.1. The molecule has 3 atom stereocenters. The molecule has 2 aliphatic rings. The van der Waals surface area contributed by atoms with E-state index in [2.05, 4.69) is 13.5 Å². The second-order valence-electron chi connectivity index (χ2n) is 6.98. The standard InChI is InChI=1S/C20H26O7/c1-4-5-6-7-8-9-10-11-15-19(3,24)12-14(21)16-17(22)13(2)26-18(23)20(16,25)27-15/h7-10,15,22,24-25H,2,4-6,11-12H2,1,3H3/b8-7+,10-9+. The number of hydrogen-bond acceptors (Lipinski definition) is 7. The molecule has 0 saturated carbocycles. The van der Waals surface area contributed by atoms with E-state index in [1.54, 1.807) is 12.2 Å². The van der Waals surface area contributed by atoms with Crippen LogP contribution in [0.5, 0.6) is 0 Å². The highest BCUT2D eigenvalue weighted by Crippen LogP contribution is 2.40. The number of ketones is 1. The third kappa shape index (κ3) is 4.37. The first-order valence-corrected chi connectivity index (χ1v) is 8.96. The molecule has 0 aliphatic carbocycles.